The van der Waals surface area contributed by atoms with E-state index in [0.717, 1.165) is 13.0 Å². The first-order valence-electron chi connectivity index (χ1n) is 8.83. The molecule has 1 heterocycles. The van der Waals surface area contributed by atoms with E-state index in [1.54, 1.807) is 24.3 Å². The van der Waals surface area contributed by atoms with Crippen molar-refractivity contribution in [3.63, 3.8) is 0 Å². The fraction of sp³-hybridized carbons (Fsp3) is 0.333. The predicted molar refractivity (Wildman–Crippen MR) is 100 cm³/mol. The molecule has 2 atom stereocenters. The second-order valence-electron chi connectivity index (χ2n) is 6.88. The van der Waals surface area contributed by atoms with Crippen molar-refractivity contribution in [2.75, 3.05) is 13.2 Å². The van der Waals surface area contributed by atoms with Gasteiger partial charge in [-0.2, -0.15) is 0 Å². The van der Waals surface area contributed by atoms with Crippen molar-refractivity contribution < 1.29 is 14.3 Å². The number of benzene rings is 2. The number of hydrogen-bond donors (Lipinski definition) is 1. The van der Waals surface area contributed by atoms with Gasteiger partial charge in [0.05, 0.1) is 0 Å². The summed E-state index contributed by atoms with van der Waals surface area (Å²) in [5, 5.41) is 0. The Morgan fingerprint density at radius 3 is 2.50 bits per heavy atom. The topological polar surface area (TPSA) is 72.6 Å². The molecular formula is C21H24N2O3. The molecule has 2 unspecified atom stereocenters. The molecule has 0 saturated carbocycles. The highest BCUT2D eigenvalue weighted by Crippen LogP contribution is 2.34. The van der Waals surface area contributed by atoms with Crippen molar-refractivity contribution in [1.29, 1.82) is 0 Å². The van der Waals surface area contributed by atoms with Gasteiger partial charge in [-0.3, -0.25) is 9.59 Å². The second-order valence-corrected chi connectivity index (χ2v) is 6.88. The summed E-state index contributed by atoms with van der Waals surface area (Å²) in [5.74, 6) is 0.384. The summed E-state index contributed by atoms with van der Waals surface area (Å²) >= 11 is 0. The van der Waals surface area contributed by atoms with E-state index in [-0.39, 0.29) is 18.6 Å². The molecule has 1 aliphatic rings. The smallest absolute Gasteiger partial charge is 0.255 e. The normalized spacial score (nSPS) is 19.4. The molecular weight excluding hydrogens is 328 g/mol. The lowest BCUT2D eigenvalue weighted by molar-refractivity contribution is -0.119. The van der Waals surface area contributed by atoms with E-state index in [9.17, 15) is 9.59 Å². The van der Waals surface area contributed by atoms with Crippen molar-refractivity contribution in [3.05, 3.63) is 65.2 Å². The minimum absolute atomic E-state index is 0.0232. The van der Waals surface area contributed by atoms with Gasteiger partial charge in [0.25, 0.3) is 11.8 Å². The van der Waals surface area contributed by atoms with Gasteiger partial charge in [0.1, 0.15) is 5.75 Å². The summed E-state index contributed by atoms with van der Waals surface area (Å²) in [4.78, 5) is 25.6. The quantitative estimate of drug-likeness (QED) is 0.899. The summed E-state index contributed by atoms with van der Waals surface area (Å²) in [6, 6.07) is 15.4. The Labute approximate surface area is 153 Å². The number of carbonyl (C=O) groups excluding carboxylic acids is 2. The van der Waals surface area contributed by atoms with Crippen molar-refractivity contribution in [3.8, 4) is 5.75 Å². The van der Waals surface area contributed by atoms with Gasteiger partial charge in [-0.1, -0.05) is 24.3 Å². The molecule has 2 amide bonds. The fourth-order valence-electron chi connectivity index (χ4n) is 3.60. The molecule has 1 saturated heterocycles. The summed E-state index contributed by atoms with van der Waals surface area (Å²) in [6.07, 6.45) is 0.969. The van der Waals surface area contributed by atoms with Crippen molar-refractivity contribution >= 4 is 11.8 Å². The Morgan fingerprint density at radius 1 is 1.15 bits per heavy atom. The van der Waals surface area contributed by atoms with E-state index in [1.807, 2.05) is 11.0 Å². The summed E-state index contributed by atoms with van der Waals surface area (Å²) in [7, 11) is 0. The maximum Gasteiger partial charge on any atom is 0.255 e. The van der Waals surface area contributed by atoms with E-state index in [2.05, 4.69) is 32.0 Å². The maximum atomic E-state index is 12.9. The number of ether oxygens (including phenoxy) is 1. The number of nitrogens with zero attached hydrogens (tertiary/aromatic N) is 1. The molecule has 2 aromatic carbocycles. The van der Waals surface area contributed by atoms with Gasteiger partial charge < -0.3 is 15.4 Å². The van der Waals surface area contributed by atoms with Gasteiger partial charge in [0.15, 0.2) is 6.61 Å². The van der Waals surface area contributed by atoms with Gasteiger partial charge in [-0.05, 0) is 55.7 Å². The number of hydrogen-bond acceptors (Lipinski definition) is 3. The maximum absolute atomic E-state index is 12.9. The first-order chi connectivity index (χ1) is 12.5. The number of carbonyl (C=O) groups is 2. The highest BCUT2D eigenvalue weighted by Gasteiger charge is 2.34. The molecule has 26 heavy (non-hydrogen) atoms. The number of rotatable bonds is 5. The zero-order valence-electron chi connectivity index (χ0n) is 15.1. The molecule has 1 aliphatic heterocycles. The van der Waals surface area contributed by atoms with Crippen LogP contribution in [0.2, 0.25) is 0 Å². The van der Waals surface area contributed by atoms with Gasteiger partial charge >= 0.3 is 0 Å². The second kappa shape index (κ2) is 7.60. The minimum atomic E-state index is -0.529. The largest absolute Gasteiger partial charge is 0.484 e. The Hall–Kier alpha value is -2.82. The monoisotopic (exact) mass is 352 g/mol. The third-order valence-electron chi connectivity index (χ3n) is 4.95. The fourth-order valence-corrected chi connectivity index (χ4v) is 3.60. The van der Waals surface area contributed by atoms with Crippen molar-refractivity contribution in [2.24, 2.45) is 5.73 Å². The van der Waals surface area contributed by atoms with Crippen LogP contribution in [-0.2, 0) is 4.79 Å². The van der Waals surface area contributed by atoms with Crippen LogP contribution in [0.3, 0.4) is 0 Å². The van der Waals surface area contributed by atoms with Crippen LogP contribution in [0.5, 0.6) is 5.75 Å². The lowest BCUT2D eigenvalue weighted by Gasteiger charge is -2.22. The van der Waals surface area contributed by atoms with E-state index in [0.29, 0.717) is 17.2 Å². The Morgan fingerprint density at radius 2 is 1.85 bits per heavy atom. The highest BCUT2D eigenvalue weighted by molar-refractivity contribution is 5.94. The number of primary amides is 1. The molecule has 1 fully saturated rings. The average Bonchev–Trinajstić information content (AvgIpc) is 3.01. The van der Waals surface area contributed by atoms with E-state index >= 15 is 0 Å². The molecule has 5 nitrogen and oxygen atoms in total. The molecule has 2 N–H and O–H groups in total. The molecule has 0 aromatic heterocycles. The number of nitrogens with two attached hydrogens (primary N) is 1. The van der Waals surface area contributed by atoms with Crippen LogP contribution in [0.1, 0.15) is 40.7 Å². The van der Waals surface area contributed by atoms with E-state index < -0.39 is 5.91 Å². The average molecular weight is 352 g/mol. The standard InChI is InChI=1S/C21H24N2O3/c1-14-5-3-4-6-19(14)17-11-15(2)23(12-17)21(25)16-7-9-18(10-8-16)26-13-20(22)24/h3-10,15,17H,11-13H2,1-2H3,(H2,22,24). The van der Waals surface area contributed by atoms with Crippen LogP contribution < -0.4 is 10.5 Å². The predicted octanol–water partition coefficient (Wildman–Crippen LogP) is 2.88. The number of likely N-dealkylation sites (tertiary alicyclic amines) is 1. The van der Waals surface area contributed by atoms with Crippen LogP contribution in [0.15, 0.2) is 48.5 Å². The third kappa shape index (κ3) is 3.87. The molecule has 0 aliphatic carbocycles. The van der Waals surface area contributed by atoms with Crippen molar-refractivity contribution in [2.45, 2.75) is 32.2 Å². The first kappa shape index (κ1) is 18.0. The van der Waals surface area contributed by atoms with E-state index in [1.165, 1.54) is 11.1 Å². The molecule has 3 rings (SSSR count). The van der Waals surface area contributed by atoms with Crippen LogP contribution in [-0.4, -0.2) is 35.9 Å². The van der Waals surface area contributed by atoms with Crippen LogP contribution in [0, 0.1) is 6.92 Å². The van der Waals surface area contributed by atoms with Gasteiger partial charge in [0.2, 0.25) is 0 Å². The lowest BCUT2D eigenvalue weighted by Crippen LogP contribution is -2.33. The zero-order valence-corrected chi connectivity index (χ0v) is 15.1. The zero-order chi connectivity index (χ0) is 18.7. The van der Waals surface area contributed by atoms with Crippen LogP contribution in [0.25, 0.3) is 0 Å². The first-order valence-corrected chi connectivity index (χ1v) is 8.83. The van der Waals surface area contributed by atoms with Gasteiger partial charge in [-0.25, -0.2) is 0 Å². The minimum Gasteiger partial charge on any atom is -0.484 e. The molecule has 0 bridgehead atoms. The highest BCUT2D eigenvalue weighted by atomic mass is 16.5. The third-order valence-corrected chi connectivity index (χ3v) is 4.95. The van der Waals surface area contributed by atoms with Crippen LogP contribution in [0.4, 0.5) is 0 Å². The summed E-state index contributed by atoms with van der Waals surface area (Å²) in [6.45, 7) is 4.77. The van der Waals surface area contributed by atoms with Gasteiger partial charge in [-0.15, -0.1) is 0 Å². The van der Waals surface area contributed by atoms with E-state index in [4.69, 9.17) is 10.5 Å². The summed E-state index contributed by atoms with van der Waals surface area (Å²) in [5.41, 5.74) is 8.28. The number of aryl methyl sites for hydroxylation is 1. The molecule has 5 heteroatoms. The van der Waals surface area contributed by atoms with Crippen molar-refractivity contribution in [1.82, 2.24) is 4.90 Å². The van der Waals surface area contributed by atoms with Crippen LogP contribution >= 0.6 is 0 Å². The molecule has 0 spiro atoms. The Kier molecular flexibility index (Phi) is 5.26. The SMILES string of the molecule is Cc1ccccc1C1CC(C)N(C(=O)c2ccc(OCC(N)=O)cc2)C1. The lowest BCUT2D eigenvalue weighted by atomic mass is 9.93. The number of amides is 2. The molecule has 0 radical (unpaired) electrons. The summed E-state index contributed by atoms with van der Waals surface area (Å²) < 4.78 is 5.24. The Balaban J connectivity index is 1.70. The molecule has 136 valence electrons. The molecule has 2 aromatic rings. The Bertz CT molecular complexity index is 801. The van der Waals surface area contributed by atoms with Gasteiger partial charge in [0, 0.05) is 24.1 Å².